The van der Waals surface area contributed by atoms with Crippen molar-refractivity contribution in [2.24, 2.45) is 0 Å². The van der Waals surface area contributed by atoms with E-state index in [0.29, 0.717) is 6.61 Å². The average Bonchev–Trinajstić information content (AvgIpc) is 3.02. The van der Waals surface area contributed by atoms with E-state index in [2.05, 4.69) is 27.4 Å². The Kier molecular flexibility index (Phi) is 4.18. The van der Waals surface area contributed by atoms with Gasteiger partial charge in [-0.3, -0.25) is 4.68 Å². The van der Waals surface area contributed by atoms with Gasteiger partial charge >= 0.3 is 0 Å². The van der Waals surface area contributed by atoms with Crippen molar-refractivity contribution in [3.8, 4) is 5.75 Å². The maximum Gasteiger partial charge on any atom is 0.142 e. The molecule has 2 aromatic rings. The third-order valence-electron chi connectivity index (χ3n) is 3.46. The predicted molar refractivity (Wildman–Crippen MR) is 79.2 cm³/mol. The number of piperazine rings is 1. The van der Waals surface area contributed by atoms with Gasteiger partial charge in [-0.2, -0.15) is 5.10 Å². The summed E-state index contributed by atoms with van der Waals surface area (Å²) in [7, 11) is 0. The minimum Gasteiger partial charge on any atom is -0.489 e. The zero-order valence-corrected chi connectivity index (χ0v) is 11.5. The molecule has 0 atom stereocenters. The van der Waals surface area contributed by atoms with Crippen LogP contribution in [0.5, 0.6) is 5.75 Å². The van der Waals surface area contributed by atoms with Crippen LogP contribution in [0.1, 0.15) is 0 Å². The lowest BCUT2D eigenvalue weighted by Gasteiger charge is -2.30. The van der Waals surface area contributed by atoms with Crippen LogP contribution in [0.25, 0.3) is 0 Å². The summed E-state index contributed by atoms with van der Waals surface area (Å²) < 4.78 is 7.82. The van der Waals surface area contributed by atoms with Gasteiger partial charge in [0.2, 0.25) is 0 Å². The van der Waals surface area contributed by atoms with E-state index in [1.165, 1.54) is 5.69 Å². The van der Waals surface area contributed by atoms with Crippen molar-refractivity contribution in [1.29, 1.82) is 0 Å². The third kappa shape index (κ3) is 3.11. The number of para-hydroxylation sites is 2. The summed E-state index contributed by atoms with van der Waals surface area (Å²) in [6.07, 6.45) is 3.74. The summed E-state index contributed by atoms with van der Waals surface area (Å²) in [6, 6.07) is 10.2. The molecule has 1 aliphatic heterocycles. The minimum absolute atomic E-state index is 0.630. The Morgan fingerprint density at radius 2 is 2.00 bits per heavy atom. The first-order valence-corrected chi connectivity index (χ1v) is 7.08. The van der Waals surface area contributed by atoms with Gasteiger partial charge in [-0.25, -0.2) is 0 Å². The first kappa shape index (κ1) is 13.0. The monoisotopic (exact) mass is 272 g/mol. The van der Waals surface area contributed by atoms with Crippen molar-refractivity contribution in [1.82, 2.24) is 15.1 Å². The molecule has 1 aromatic carbocycles. The van der Waals surface area contributed by atoms with Crippen LogP contribution in [0.15, 0.2) is 42.7 Å². The number of benzene rings is 1. The summed E-state index contributed by atoms with van der Waals surface area (Å²) in [5, 5.41) is 7.55. The molecule has 0 spiro atoms. The van der Waals surface area contributed by atoms with Crippen LogP contribution in [0, 0.1) is 0 Å². The van der Waals surface area contributed by atoms with Gasteiger partial charge in [0.1, 0.15) is 12.4 Å². The van der Waals surface area contributed by atoms with Crippen molar-refractivity contribution in [2.75, 3.05) is 37.7 Å². The number of hydrogen-bond acceptors (Lipinski definition) is 4. The Hall–Kier alpha value is -2.01. The van der Waals surface area contributed by atoms with E-state index in [1.807, 2.05) is 29.1 Å². The van der Waals surface area contributed by atoms with Crippen molar-refractivity contribution in [3.05, 3.63) is 42.7 Å². The zero-order chi connectivity index (χ0) is 13.6. The molecule has 5 nitrogen and oxygen atoms in total. The first-order valence-electron chi connectivity index (χ1n) is 7.08. The molecule has 0 radical (unpaired) electrons. The molecule has 1 fully saturated rings. The first-order chi connectivity index (χ1) is 9.93. The Morgan fingerprint density at radius 1 is 1.15 bits per heavy atom. The highest BCUT2D eigenvalue weighted by Gasteiger charge is 2.14. The van der Waals surface area contributed by atoms with Crippen LogP contribution < -0.4 is 15.0 Å². The number of nitrogens with one attached hydrogen (secondary N) is 1. The van der Waals surface area contributed by atoms with Crippen molar-refractivity contribution in [2.45, 2.75) is 6.54 Å². The molecule has 5 heteroatoms. The highest BCUT2D eigenvalue weighted by atomic mass is 16.5. The van der Waals surface area contributed by atoms with Gasteiger partial charge in [-0.15, -0.1) is 0 Å². The molecule has 20 heavy (non-hydrogen) atoms. The van der Waals surface area contributed by atoms with Gasteiger partial charge in [-0.1, -0.05) is 12.1 Å². The third-order valence-corrected chi connectivity index (χ3v) is 3.46. The molecule has 2 heterocycles. The maximum atomic E-state index is 5.94. The van der Waals surface area contributed by atoms with Crippen LogP contribution in [0.4, 0.5) is 5.69 Å². The lowest BCUT2D eigenvalue weighted by atomic mass is 10.2. The topological polar surface area (TPSA) is 42.3 Å². The second-order valence-corrected chi connectivity index (χ2v) is 4.82. The average molecular weight is 272 g/mol. The van der Waals surface area contributed by atoms with E-state index >= 15 is 0 Å². The Balaban J connectivity index is 1.63. The number of aromatic nitrogens is 2. The molecule has 0 bridgehead atoms. The molecule has 1 aromatic heterocycles. The van der Waals surface area contributed by atoms with Gasteiger partial charge in [-0.05, 0) is 18.2 Å². The zero-order valence-electron chi connectivity index (χ0n) is 11.5. The number of rotatable bonds is 5. The van der Waals surface area contributed by atoms with Crippen molar-refractivity contribution in [3.63, 3.8) is 0 Å². The van der Waals surface area contributed by atoms with Crippen LogP contribution >= 0.6 is 0 Å². The van der Waals surface area contributed by atoms with E-state index in [0.717, 1.165) is 38.5 Å². The van der Waals surface area contributed by atoms with Gasteiger partial charge in [0.25, 0.3) is 0 Å². The second kappa shape index (κ2) is 6.43. The van der Waals surface area contributed by atoms with E-state index in [4.69, 9.17) is 4.74 Å². The van der Waals surface area contributed by atoms with Crippen LogP contribution in [0.2, 0.25) is 0 Å². The van der Waals surface area contributed by atoms with Gasteiger partial charge < -0.3 is 15.0 Å². The highest BCUT2D eigenvalue weighted by Crippen LogP contribution is 2.28. The fraction of sp³-hybridized carbons (Fsp3) is 0.400. The lowest BCUT2D eigenvalue weighted by molar-refractivity contribution is 0.291. The number of anilines is 1. The number of ether oxygens (including phenoxy) is 1. The Labute approximate surface area is 119 Å². The molecule has 1 N–H and O–H groups in total. The standard InChI is InChI=1S/C15H20N4O/c1-2-5-15(20-13-12-19-9-3-6-17-19)14(4-1)18-10-7-16-8-11-18/h1-6,9,16H,7-8,10-13H2. The van der Waals surface area contributed by atoms with E-state index in [-0.39, 0.29) is 0 Å². The fourth-order valence-corrected chi connectivity index (χ4v) is 2.43. The number of hydrogen-bond donors (Lipinski definition) is 1. The normalized spacial score (nSPS) is 15.3. The predicted octanol–water partition coefficient (Wildman–Crippen LogP) is 1.37. The number of nitrogens with zero attached hydrogens (tertiary/aromatic N) is 3. The molecule has 0 saturated carbocycles. The van der Waals surface area contributed by atoms with Crippen LogP contribution in [-0.2, 0) is 6.54 Å². The van der Waals surface area contributed by atoms with E-state index in [9.17, 15) is 0 Å². The van der Waals surface area contributed by atoms with Crippen LogP contribution in [-0.4, -0.2) is 42.6 Å². The molecule has 1 saturated heterocycles. The SMILES string of the molecule is c1ccc(N2CCNCC2)c(OCCn2cccn2)c1. The molecule has 3 rings (SSSR count). The fourth-order valence-electron chi connectivity index (χ4n) is 2.43. The van der Waals surface area contributed by atoms with Crippen molar-refractivity contribution >= 4 is 5.69 Å². The molecule has 0 unspecified atom stereocenters. The molecular weight excluding hydrogens is 252 g/mol. The largest absolute Gasteiger partial charge is 0.489 e. The molecular formula is C15H20N4O. The molecule has 106 valence electrons. The van der Waals surface area contributed by atoms with Crippen LogP contribution in [0.3, 0.4) is 0 Å². The van der Waals surface area contributed by atoms with Gasteiger partial charge in [0.15, 0.2) is 0 Å². The Morgan fingerprint density at radius 3 is 2.80 bits per heavy atom. The molecule has 0 aliphatic carbocycles. The summed E-state index contributed by atoms with van der Waals surface area (Å²) in [4.78, 5) is 2.37. The summed E-state index contributed by atoms with van der Waals surface area (Å²) >= 11 is 0. The van der Waals surface area contributed by atoms with E-state index < -0.39 is 0 Å². The Bertz CT molecular complexity index is 520. The molecule has 0 amide bonds. The lowest BCUT2D eigenvalue weighted by Crippen LogP contribution is -2.43. The summed E-state index contributed by atoms with van der Waals surface area (Å²) in [5.41, 5.74) is 1.19. The summed E-state index contributed by atoms with van der Waals surface area (Å²) in [5.74, 6) is 0.960. The molecule has 1 aliphatic rings. The minimum atomic E-state index is 0.630. The van der Waals surface area contributed by atoms with Crippen molar-refractivity contribution < 1.29 is 4.74 Å². The smallest absolute Gasteiger partial charge is 0.142 e. The quantitative estimate of drug-likeness (QED) is 0.893. The van der Waals surface area contributed by atoms with Gasteiger partial charge in [0, 0.05) is 38.6 Å². The maximum absolute atomic E-state index is 5.94. The van der Waals surface area contributed by atoms with Gasteiger partial charge in [0.05, 0.1) is 12.2 Å². The second-order valence-electron chi connectivity index (χ2n) is 4.82. The highest BCUT2D eigenvalue weighted by molar-refractivity contribution is 5.58. The van der Waals surface area contributed by atoms with E-state index in [1.54, 1.807) is 6.20 Å². The summed E-state index contributed by atoms with van der Waals surface area (Å²) in [6.45, 7) is 5.51.